The van der Waals surface area contributed by atoms with Gasteiger partial charge in [-0.25, -0.2) is 0 Å². The third-order valence-corrected chi connectivity index (χ3v) is 2.94. The van der Waals surface area contributed by atoms with Gasteiger partial charge in [-0.2, -0.15) is 0 Å². The molecule has 0 N–H and O–H groups in total. The SMILES string of the molecule is C/C(=C1/CCC1=O)c1ccccc1C. The van der Waals surface area contributed by atoms with Crippen molar-refractivity contribution in [3.05, 3.63) is 41.0 Å². The molecule has 1 aliphatic carbocycles. The van der Waals surface area contributed by atoms with Gasteiger partial charge in [-0.05, 0) is 42.5 Å². The summed E-state index contributed by atoms with van der Waals surface area (Å²) in [4.78, 5) is 11.3. The summed E-state index contributed by atoms with van der Waals surface area (Å²) in [7, 11) is 0. The fraction of sp³-hybridized carbons (Fsp3) is 0.308. The molecule has 0 heterocycles. The summed E-state index contributed by atoms with van der Waals surface area (Å²) >= 11 is 0. The summed E-state index contributed by atoms with van der Waals surface area (Å²) in [5.74, 6) is 0.325. The van der Waals surface area contributed by atoms with Gasteiger partial charge < -0.3 is 0 Å². The number of hydrogen-bond acceptors (Lipinski definition) is 1. The number of ketones is 1. The van der Waals surface area contributed by atoms with E-state index in [1.165, 1.54) is 16.7 Å². The van der Waals surface area contributed by atoms with Crippen LogP contribution in [0.2, 0.25) is 0 Å². The molecule has 1 heteroatoms. The second-order valence-electron chi connectivity index (χ2n) is 3.84. The highest BCUT2D eigenvalue weighted by Crippen LogP contribution is 2.31. The molecule has 14 heavy (non-hydrogen) atoms. The first kappa shape index (κ1) is 9.20. The fourth-order valence-corrected chi connectivity index (χ4v) is 1.90. The summed E-state index contributed by atoms with van der Waals surface area (Å²) in [5.41, 5.74) is 4.66. The molecule has 0 spiro atoms. The Labute approximate surface area is 84.5 Å². The maximum atomic E-state index is 11.3. The van der Waals surface area contributed by atoms with E-state index in [-0.39, 0.29) is 0 Å². The lowest BCUT2D eigenvalue weighted by molar-refractivity contribution is -0.118. The average Bonchev–Trinajstić information content (AvgIpc) is 2.16. The molecule has 0 amide bonds. The van der Waals surface area contributed by atoms with E-state index in [9.17, 15) is 4.79 Å². The van der Waals surface area contributed by atoms with Crippen molar-refractivity contribution in [3.63, 3.8) is 0 Å². The van der Waals surface area contributed by atoms with Crippen molar-refractivity contribution < 1.29 is 4.79 Å². The van der Waals surface area contributed by atoms with Crippen molar-refractivity contribution in [2.24, 2.45) is 0 Å². The highest BCUT2D eigenvalue weighted by molar-refractivity contribution is 6.07. The number of hydrogen-bond donors (Lipinski definition) is 0. The molecule has 0 atom stereocenters. The van der Waals surface area contributed by atoms with Gasteiger partial charge in [-0.3, -0.25) is 4.79 Å². The molecule has 2 rings (SSSR count). The number of carbonyl (C=O) groups is 1. The molecule has 1 fully saturated rings. The van der Waals surface area contributed by atoms with Gasteiger partial charge in [-0.15, -0.1) is 0 Å². The van der Waals surface area contributed by atoms with Crippen molar-refractivity contribution in [3.8, 4) is 0 Å². The minimum absolute atomic E-state index is 0.325. The number of carbonyl (C=O) groups excluding carboxylic acids is 1. The number of allylic oxidation sites excluding steroid dienone is 2. The molecule has 0 aromatic heterocycles. The Morgan fingerprint density at radius 1 is 1.21 bits per heavy atom. The highest BCUT2D eigenvalue weighted by atomic mass is 16.1. The Hall–Kier alpha value is -1.37. The molecule has 0 unspecified atom stereocenters. The van der Waals surface area contributed by atoms with Gasteiger partial charge in [0.15, 0.2) is 5.78 Å². The second kappa shape index (κ2) is 3.41. The third-order valence-electron chi connectivity index (χ3n) is 2.94. The van der Waals surface area contributed by atoms with Crippen LogP contribution in [0.5, 0.6) is 0 Å². The molecule has 1 saturated carbocycles. The van der Waals surface area contributed by atoms with E-state index in [1.807, 2.05) is 12.1 Å². The Bertz CT molecular complexity index is 413. The molecule has 0 radical (unpaired) electrons. The summed E-state index contributed by atoms with van der Waals surface area (Å²) < 4.78 is 0. The van der Waals surface area contributed by atoms with E-state index in [4.69, 9.17) is 0 Å². The Morgan fingerprint density at radius 3 is 2.43 bits per heavy atom. The van der Waals surface area contributed by atoms with Crippen LogP contribution >= 0.6 is 0 Å². The first-order valence-electron chi connectivity index (χ1n) is 4.99. The van der Waals surface area contributed by atoms with Crippen LogP contribution in [0.4, 0.5) is 0 Å². The van der Waals surface area contributed by atoms with Crippen molar-refractivity contribution in [2.45, 2.75) is 26.7 Å². The standard InChI is InChI=1S/C13H14O/c1-9-5-3-4-6-11(9)10(2)12-7-8-13(12)14/h3-6H,7-8H2,1-2H3/b12-10+. The van der Waals surface area contributed by atoms with Crippen LogP contribution in [0.15, 0.2) is 29.8 Å². The van der Waals surface area contributed by atoms with Gasteiger partial charge >= 0.3 is 0 Å². The van der Waals surface area contributed by atoms with Crippen molar-refractivity contribution in [1.82, 2.24) is 0 Å². The number of rotatable bonds is 1. The lowest BCUT2D eigenvalue weighted by atomic mass is 9.84. The van der Waals surface area contributed by atoms with Gasteiger partial charge in [-0.1, -0.05) is 24.3 Å². The molecule has 1 nitrogen and oxygen atoms in total. The minimum Gasteiger partial charge on any atom is -0.295 e. The van der Waals surface area contributed by atoms with Crippen molar-refractivity contribution in [2.75, 3.05) is 0 Å². The summed E-state index contributed by atoms with van der Waals surface area (Å²) in [6.07, 6.45) is 1.69. The molecular formula is C13H14O. The monoisotopic (exact) mass is 186 g/mol. The van der Waals surface area contributed by atoms with E-state index in [0.717, 1.165) is 18.4 Å². The van der Waals surface area contributed by atoms with Gasteiger partial charge in [0.2, 0.25) is 0 Å². The van der Waals surface area contributed by atoms with Crippen LogP contribution in [0, 0.1) is 6.92 Å². The van der Waals surface area contributed by atoms with Gasteiger partial charge in [0.1, 0.15) is 0 Å². The molecule has 0 saturated heterocycles. The largest absolute Gasteiger partial charge is 0.295 e. The van der Waals surface area contributed by atoms with Crippen molar-refractivity contribution >= 4 is 11.4 Å². The minimum atomic E-state index is 0.325. The normalized spacial score (nSPS) is 19.1. The Morgan fingerprint density at radius 2 is 1.93 bits per heavy atom. The molecule has 0 bridgehead atoms. The predicted molar refractivity (Wildman–Crippen MR) is 58.0 cm³/mol. The smallest absolute Gasteiger partial charge is 0.159 e. The molecule has 0 aliphatic heterocycles. The maximum Gasteiger partial charge on any atom is 0.159 e. The quantitative estimate of drug-likeness (QED) is 0.616. The van der Waals surface area contributed by atoms with Crippen LogP contribution in [-0.2, 0) is 4.79 Å². The van der Waals surface area contributed by atoms with Gasteiger partial charge in [0, 0.05) is 6.42 Å². The Kier molecular flexibility index (Phi) is 2.24. The maximum absolute atomic E-state index is 11.3. The predicted octanol–water partition coefficient (Wildman–Crippen LogP) is 3.13. The van der Waals surface area contributed by atoms with Gasteiger partial charge in [0.05, 0.1) is 0 Å². The van der Waals surface area contributed by atoms with E-state index < -0.39 is 0 Å². The zero-order chi connectivity index (χ0) is 10.1. The molecule has 1 aromatic carbocycles. The summed E-state index contributed by atoms with van der Waals surface area (Å²) in [5, 5.41) is 0. The highest BCUT2D eigenvalue weighted by Gasteiger charge is 2.23. The number of benzene rings is 1. The van der Waals surface area contributed by atoms with Gasteiger partial charge in [0.25, 0.3) is 0 Å². The fourth-order valence-electron chi connectivity index (χ4n) is 1.90. The first-order valence-corrected chi connectivity index (χ1v) is 4.99. The van der Waals surface area contributed by atoms with Crippen LogP contribution in [-0.4, -0.2) is 5.78 Å². The molecule has 1 aliphatic rings. The first-order chi connectivity index (χ1) is 6.70. The summed E-state index contributed by atoms with van der Waals surface area (Å²) in [6, 6.07) is 8.22. The van der Waals surface area contributed by atoms with E-state index in [1.54, 1.807) is 0 Å². The molecule has 1 aromatic rings. The lowest BCUT2D eigenvalue weighted by Gasteiger charge is -2.19. The lowest BCUT2D eigenvalue weighted by Crippen LogP contribution is -2.15. The number of Topliss-reactive ketones (excluding diaryl/α,β-unsaturated/α-hetero) is 1. The number of aryl methyl sites for hydroxylation is 1. The third kappa shape index (κ3) is 1.39. The molecule has 72 valence electrons. The molecular weight excluding hydrogens is 172 g/mol. The zero-order valence-corrected chi connectivity index (χ0v) is 8.63. The van der Waals surface area contributed by atoms with Crippen LogP contribution in [0.25, 0.3) is 5.57 Å². The van der Waals surface area contributed by atoms with Crippen LogP contribution < -0.4 is 0 Å². The van der Waals surface area contributed by atoms with Crippen LogP contribution in [0.1, 0.15) is 30.9 Å². The summed E-state index contributed by atoms with van der Waals surface area (Å²) in [6.45, 7) is 4.14. The zero-order valence-electron chi connectivity index (χ0n) is 8.63. The van der Waals surface area contributed by atoms with Crippen LogP contribution in [0.3, 0.4) is 0 Å². The second-order valence-corrected chi connectivity index (χ2v) is 3.84. The topological polar surface area (TPSA) is 17.1 Å². The van der Waals surface area contributed by atoms with E-state index >= 15 is 0 Å². The van der Waals surface area contributed by atoms with Crippen molar-refractivity contribution in [1.29, 1.82) is 0 Å². The Balaban J connectivity index is 2.46. The average molecular weight is 186 g/mol. The van der Waals surface area contributed by atoms with E-state index in [2.05, 4.69) is 26.0 Å². The van der Waals surface area contributed by atoms with E-state index in [0.29, 0.717) is 5.78 Å².